The van der Waals surface area contributed by atoms with E-state index in [0.29, 0.717) is 34.7 Å². The number of nitrogens with two attached hydrogens (primary N) is 1. The molecule has 3 aromatic carbocycles. The van der Waals surface area contributed by atoms with Crippen LogP contribution in [0, 0.1) is 0 Å². The van der Waals surface area contributed by atoms with Crippen LogP contribution in [0.15, 0.2) is 53.3 Å². The van der Waals surface area contributed by atoms with E-state index in [1.54, 1.807) is 16.5 Å². The molecule has 0 atom stereocenters. The van der Waals surface area contributed by atoms with Crippen molar-refractivity contribution in [2.75, 3.05) is 18.4 Å². The van der Waals surface area contributed by atoms with Gasteiger partial charge in [-0.1, -0.05) is 23.7 Å². The zero-order chi connectivity index (χ0) is 17.8. The molecule has 0 spiro atoms. The van der Waals surface area contributed by atoms with Crippen molar-refractivity contribution in [1.82, 2.24) is 9.38 Å². The summed E-state index contributed by atoms with van der Waals surface area (Å²) in [6, 6.07) is 15.2. The van der Waals surface area contributed by atoms with Crippen LogP contribution in [0.1, 0.15) is 0 Å². The van der Waals surface area contributed by atoms with Crippen molar-refractivity contribution in [2.24, 2.45) is 5.73 Å². The molecule has 3 N–H and O–H groups in total. The lowest BCUT2D eigenvalue weighted by molar-refractivity contribution is 1.03. The molecule has 5 aromatic rings. The van der Waals surface area contributed by atoms with Crippen molar-refractivity contribution >= 4 is 55.5 Å². The number of hydrogen-bond acceptors (Lipinski definition) is 4. The van der Waals surface area contributed by atoms with E-state index in [2.05, 4.69) is 5.32 Å². The van der Waals surface area contributed by atoms with Crippen LogP contribution in [0.3, 0.4) is 0 Å². The summed E-state index contributed by atoms with van der Waals surface area (Å²) in [6.45, 7) is 1.21. The van der Waals surface area contributed by atoms with Crippen LogP contribution < -0.4 is 16.6 Å². The zero-order valence-corrected chi connectivity index (χ0v) is 14.5. The van der Waals surface area contributed by atoms with Gasteiger partial charge in [0.2, 0.25) is 0 Å². The molecule has 26 heavy (non-hydrogen) atoms. The SMILES string of the molecule is NCCNc1ccc2c3c1cccc3c(=O)n1c3ccc(Cl)cc3nc21. The Bertz CT molecular complexity index is 1360. The van der Waals surface area contributed by atoms with Gasteiger partial charge in [-0.15, -0.1) is 0 Å². The number of anilines is 1. The standard InChI is InChI=1S/C20H15ClN4O/c21-11-4-7-17-16(10-11)24-19-13-5-6-15(23-9-8-22)12-2-1-3-14(18(12)13)20(26)25(17)19/h1-7,10,23H,8-9,22H2. The lowest BCUT2D eigenvalue weighted by Crippen LogP contribution is -2.15. The molecule has 0 bridgehead atoms. The van der Waals surface area contributed by atoms with E-state index in [4.69, 9.17) is 22.3 Å². The van der Waals surface area contributed by atoms with Crippen LogP contribution in [0.25, 0.3) is 38.2 Å². The molecule has 5 rings (SSSR count). The summed E-state index contributed by atoms with van der Waals surface area (Å²) in [4.78, 5) is 17.9. The number of rotatable bonds is 3. The molecule has 0 unspecified atom stereocenters. The summed E-state index contributed by atoms with van der Waals surface area (Å²) >= 11 is 6.11. The van der Waals surface area contributed by atoms with Gasteiger partial charge in [-0.25, -0.2) is 4.98 Å². The van der Waals surface area contributed by atoms with Crippen molar-refractivity contribution in [3.63, 3.8) is 0 Å². The number of halogens is 1. The molecule has 0 amide bonds. The molecule has 0 radical (unpaired) electrons. The average Bonchev–Trinajstić information content (AvgIpc) is 3.03. The molecule has 2 aromatic heterocycles. The first kappa shape index (κ1) is 15.4. The number of nitrogens with zero attached hydrogens (tertiary/aromatic N) is 2. The van der Waals surface area contributed by atoms with Gasteiger partial charge in [0.15, 0.2) is 0 Å². The molecule has 0 aliphatic carbocycles. The second-order valence-corrected chi connectivity index (χ2v) is 6.75. The molecular formula is C20H15ClN4O. The molecule has 6 heteroatoms. The number of hydrogen-bond donors (Lipinski definition) is 2. The van der Waals surface area contributed by atoms with Crippen LogP contribution in [0.5, 0.6) is 0 Å². The number of pyridine rings is 1. The smallest absolute Gasteiger partial charge is 0.264 e. The zero-order valence-electron chi connectivity index (χ0n) is 13.8. The Kier molecular flexibility index (Phi) is 3.29. The molecular weight excluding hydrogens is 348 g/mol. The number of aromatic nitrogens is 2. The van der Waals surface area contributed by atoms with Crippen molar-refractivity contribution in [3.8, 4) is 0 Å². The Morgan fingerprint density at radius 1 is 1.08 bits per heavy atom. The number of benzene rings is 3. The van der Waals surface area contributed by atoms with Crippen LogP contribution in [0.2, 0.25) is 5.02 Å². The maximum atomic E-state index is 13.2. The predicted octanol–water partition coefficient (Wildman–Crippen LogP) is 3.62. The summed E-state index contributed by atoms with van der Waals surface area (Å²) in [6.07, 6.45) is 0. The highest BCUT2D eigenvalue weighted by Gasteiger charge is 2.17. The summed E-state index contributed by atoms with van der Waals surface area (Å²) < 4.78 is 1.68. The van der Waals surface area contributed by atoms with Gasteiger partial charge in [-0.3, -0.25) is 9.20 Å². The Morgan fingerprint density at radius 3 is 2.77 bits per heavy atom. The highest BCUT2D eigenvalue weighted by molar-refractivity contribution is 6.31. The fourth-order valence-corrected chi connectivity index (χ4v) is 3.86. The minimum atomic E-state index is -0.0705. The number of imidazole rings is 1. The van der Waals surface area contributed by atoms with Gasteiger partial charge >= 0.3 is 0 Å². The maximum absolute atomic E-state index is 13.2. The third kappa shape index (κ3) is 2.01. The van der Waals surface area contributed by atoms with Crippen molar-refractivity contribution in [3.05, 3.63) is 63.9 Å². The summed E-state index contributed by atoms with van der Waals surface area (Å²) in [5, 5.41) is 7.48. The third-order valence-electron chi connectivity index (χ3n) is 4.79. The fourth-order valence-electron chi connectivity index (χ4n) is 3.69. The molecule has 0 fully saturated rings. The van der Waals surface area contributed by atoms with Crippen molar-refractivity contribution < 1.29 is 0 Å². The van der Waals surface area contributed by atoms with Crippen molar-refractivity contribution in [2.45, 2.75) is 0 Å². The second-order valence-electron chi connectivity index (χ2n) is 6.31. The van der Waals surface area contributed by atoms with E-state index in [-0.39, 0.29) is 5.56 Å². The van der Waals surface area contributed by atoms with E-state index in [9.17, 15) is 4.79 Å². The van der Waals surface area contributed by atoms with E-state index in [0.717, 1.165) is 27.4 Å². The minimum Gasteiger partial charge on any atom is -0.383 e. The largest absolute Gasteiger partial charge is 0.383 e. The number of fused-ring (bicyclic) bond motifs is 4. The van der Waals surface area contributed by atoms with E-state index < -0.39 is 0 Å². The first-order valence-corrected chi connectivity index (χ1v) is 8.79. The monoisotopic (exact) mass is 362 g/mol. The lowest BCUT2D eigenvalue weighted by atomic mass is 10.0. The average molecular weight is 363 g/mol. The van der Waals surface area contributed by atoms with E-state index in [1.807, 2.05) is 36.4 Å². The summed E-state index contributed by atoms with van der Waals surface area (Å²) in [5.74, 6) is 0. The Balaban J connectivity index is 2.00. The van der Waals surface area contributed by atoms with E-state index >= 15 is 0 Å². The second kappa shape index (κ2) is 5.56. The highest BCUT2D eigenvalue weighted by Crippen LogP contribution is 2.34. The normalized spacial score (nSPS) is 11.9. The highest BCUT2D eigenvalue weighted by atomic mass is 35.5. The lowest BCUT2D eigenvalue weighted by Gasteiger charge is -2.12. The van der Waals surface area contributed by atoms with Gasteiger partial charge in [0.05, 0.1) is 11.0 Å². The summed E-state index contributed by atoms with van der Waals surface area (Å²) in [5.41, 5.74) is 8.65. The molecule has 5 nitrogen and oxygen atoms in total. The Morgan fingerprint density at radius 2 is 1.92 bits per heavy atom. The minimum absolute atomic E-state index is 0.0705. The maximum Gasteiger partial charge on any atom is 0.264 e. The van der Waals surface area contributed by atoms with Crippen LogP contribution >= 0.6 is 11.6 Å². The molecule has 0 aliphatic heterocycles. The Hall–Kier alpha value is -2.89. The first-order valence-electron chi connectivity index (χ1n) is 8.42. The van der Waals surface area contributed by atoms with Gasteiger partial charge in [0, 0.05) is 45.3 Å². The van der Waals surface area contributed by atoms with Gasteiger partial charge in [0.1, 0.15) is 5.65 Å². The van der Waals surface area contributed by atoms with Crippen LogP contribution in [0.4, 0.5) is 5.69 Å². The third-order valence-corrected chi connectivity index (χ3v) is 5.03. The summed E-state index contributed by atoms with van der Waals surface area (Å²) in [7, 11) is 0. The van der Waals surface area contributed by atoms with Gasteiger partial charge in [0.25, 0.3) is 5.56 Å². The molecule has 2 heterocycles. The molecule has 128 valence electrons. The van der Waals surface area contributed by atoms with Gasteiger partial charge in [-0.05, 0) is 36.4 Å². The first-order chi connectivity index (χ1) is 12.7. The molecule has 0 saturated heterocycles. The quantitative estimate of drug-likeness (QED) is 0.514. The molecule has 0 saturated carbocycles. The van der Waals surface area contributed by atoms with E-state index in [1.165, 1.54) is 0 Å². The number of nitrogens with one attached hydrogen (secondary N) is 1. The van der Waals surface area contributed by atoms with Crippen LogP contribution in [-0.4, -0.2) is 22.5 Å². The van der Waals surface area contributed by atoms with Crippen molar-refractivity contribution in [1.29, 1.82) is 0 Å². The fraction of sp³-hybridized carbons (Fsp3) is 0.100. The predicted molar refractivity (Wildman–Crippen MR) is 108 cm³/mol. The van der Waals surface area contributed by atoms with Gasteiger partial charge < -0.3 is 11.1 Å². The van der Waals surface area contributed by atoms with Crippen LogP contribution in [-0.2, 0) is 0 Å². The molecule has 0 aliphatic rings. The van der Waals surface area contributed by atoms with Gasteiger partial charge in [-0.2, -0.15) is 0 Å². The Labute approximate surface area is 153 Å². The topological polar surface area (TPSA) is 72.4 Å².